The first-order chi connectivity index (χ1) is 18.9. The van der Waals surface area contributed by atoms with Crippen molar-refractivity contribution in [2.75, 3.05) is 23.9 Å². The van der Waals surface area contributed by atoms with Crippen molar-refractivity contribution in [2.24, 2.45) is 23.7 Å². The largest absolute Gasteiger partial charge is 0.497 e. The maximum atomic E-state index is 13.5. The molecule has 3 aromatic rings. The van der Waals surface area contributed by atoms with E-state index in [2.05, 4.69) is 17.4 Å². The number of ether oxygens (including phenoxy) is 2. The number of carbonyl (C=O) groups is 4. The lowest BCUT2D eigenvalue weighted by atomic mass is 9.73. The summed E-state index contributed by atoms with van der Waals surface area (Å²) in [4.78, 5) is 52.8. The number of nitrogens with one attached hydrogen (secondary N) is 1. The number of hydrogen-bond donors (Lipinski definition) is 1. The summed E-state index contributed by atoms with van der Waals surface area (Å²) in [7, 11) is 1.55. The third-order valence-corrected chi connectivity index (χ3v) is 8.31. The van der Waals surface area contributed by atoms with Gasteiger partial charge in [-0.25, -0.2) is 4.79 Å². The molecule has 0 spiro atoms. The molecule has 0 aromatic heterocycles. The lowest BCUT2D eigenvalue weighted by molar-refractivity contribution is -0.123. The summed E-state index contributed by atoms with van der Waals surface area (Å²) < 4.78 is 10.2. The predicted octanol–water partition coefficient (Wildman–Crippen LogP) is 4.42. The zero-order valence-corrected chi connectivity index (χ0v) is 21.4. The van der Waals surface area contributed by atoms with Crippen molar-refractivity contribution in [3.05, 3.63) is 90.0 Å². The minimum Gasteiger partial charge on any atom is -0.497 e. The predicted molar refractivity (Wildman–Crippen MR) is 143 cm³/mol. The fourth-order valence-corrected chi connectivity index (χ4v) is 6.63. The van der Waals surface area contributed by atoms with Crippen LogP contribution in [0, 0.1) is 23.7 Å². The van der Waals surface area contributed by atoms with Crippen LogP contribution in [0.4, 0.5) is 11.4 Å². The van der Waals surface area contributed by atoms with Gasteiger partial charge in [-0.05, 0) is 84.7 Å². The van der Waals surface area contributed by atoms with Crippen LogP contribution in [0.3, 0.4) is 0 Å². The first kappa shape index (κ1) is 24.9. The van der Waals surface area contributed by atoms with Gasteiger partial charge >= 0.3 is 5.97 Å². The molecule has 5 atom stereocenters. The second-order valence-corrected chi connectivity index (χ2v) is 10.4. The molecule has 2 saturated carbocycles. The van der Waals surface area contributed by atoms with Gasteiger partial charge in [0.1, 0.15) is 5.75 Å². The number of imide groups is 1. The van der Waals surface area contributed by atoms with Crippen LogP contribution in [0.1, 0.15) is 34.7 Å². The van der Waals surface area contributed by atoms with E-state index in [-0.39, 0.29) is 41.0 Å². The van der Waals surface area contributed by atoms with Crippen LogP contribution in [0.2, 0.25) is 0 Å². The highest BCUT2D eigenvalue weighted by molar-refractivity contribution is 6.22. The number of benzene rings is 3. The summed E-state index contributed by atoms with van der Waals surface area (Å²) in [5.74, 6) is -0.670. The molecule has 1 aliphatic heterocycles. The number of esters is 1. The first-order valence-corrected chi connectivity index (χ1v) is 13.1. The van der Waals surface area contributed by atoms with Crippen LogP contribution in [0.25, 0.3) is 0 Å². The van der Waals surface area contributed by atoms with Crippen molar-refractivity contribution in [3.8, 4) is 5.75 Å². The topological polar surface area (TPSA) is 102 Å². The molecule has 3 fully saturated rings. The summed E-state index contributed by atoms with van der Waals surface area (Å²) in [6, 6.07) is 23.2. The standard InChI is InChI=1S/C31H28N2O6/c1-38-23-13-9-21(10-14-23)32-26(34)17-39-31(37)19-7-11-22(12-8-19)33-29(35)27-20-15-24(18-5-3-2-4-6-18)25(16-20)28(27)30(33)36/h2-14,20,24-25,27-28H,15-17H2,1H3,(H,32,34)/t20-,24-,25+,27+,28-/m0/s1. The maximum absolute atomic E-state index is 13.5. The number of rotatable bonds is 7. The smallest absolute Gasteiger partial charge is 0.338 e. The number of hydrogen-bond acceptors (Lipinski definition) is 6. The van der Waals surface area contributed by atoms with Crippen LogP contribution in [-0.2, 0) is 19.1 Å². The molecule has 3 aliphatic rings. The summed E-state index contributed by atoms with van der Waals surface area (Å²) in [6.07, 6.45) is 1.84. The lowest BCUT2D eigenvalue weighted by Gasteiger charge is -2.28. The Morgan fingerprint density at radius 3 is 2.26 bits per heavy atom. The molecule has 198 valence electrons. The second-order valence-electron chi connectivity index (χ2n) is 10.4. The van der Waals surface area contributed by atoms with Crippen molar-refractivity contribution >= 4 is 35.1 Å². The van der Waals surface area contributed by atoms with E-state index in [0.717, 1.165) is 12.8 Å². The van der Waals surface area contributed by atoms with Gasteiger partial charge in [0.05, 0.1) is 30.2 Å². The highest BCUT2D eigenvalue weighted by Crippen LogP contribution is 2.61. The number of fused-ring (bicyclic) bond motifs is 5. The van der Waals surface area contributed by atoms with E-state index in [4.69, 9.17) is 9.47 Å². The van der Waals surface area contributed by atoms with Crippen LogP contribution >= 0.6 is 0 Å². The molecule has 3 amide bonds. The van der Waals surface area contributed by atoms with Gasteiger partial charge in [-0.1, -0.05) is 30.3 Å². The summed E-state index contributed by atoms with van der Waals surface area (Å²) in [5.41, 5.74) is 2.46. The molecule has 2 aliphatic carbocycles. The highest BCUT2D eigenvalue weighted by Gasteiger charge is 2.64. The first-order valence-electron chi connectivity index (χ1n) is 13.1. The molecule has 6 rings (SSSR count). The maximum Gasteiger partial charge on any atom is 0.338 e. The molecular weight excluding hydrogens is 496 g/mol. The SMILES string of the molecule is COc1ccc(NC(=O)COC(=O)c2ccc(N3C(=O)[C@@H]4[C@@H]5C[C@@H]([C@@H]4C3=O)[C@H](c3ccccc3)C5)cc2)cc1. The van der Waals surface area contributed by atoms with E-state index in [1.807, 2.05) is 18.2 Å². The molecule has 1 N–H and O–H groups in total. The van der Waals surface area contributed by atoms with Gasteiger partial charge < -0.3 is 14.8 Å². The van der Waals surface area contributed by atoms with E-state index in [1.54, 1.807) is 43.5 Å². The molecular formula is C31H28N2O6. The summed E-state index contributed by atoms with van der Waals surface area (Å²) in [5, 5.41) is 2.65. The summed E-state index contributed by atoms with van der Waals surface area (Å²) in [6.45, 7) is -0.454. The Morgan fingerprint density at radius 1 is 0.872 bits per heavy atom. The molecule has 0 unspecified atom stereocenters. The molecule has 0 radical (unpaired) electrons. The average molecular weight is 525 g/mol. The normalized spacial score (nSPS) is 24.9. The number of amides is 3. The number of anilines is 2. The zero-order chi connectivity index (χ0) is 27.1. The van der Waals surface area contributed by atoms with E-state index in [9.17, 15) is 19.2 Å². The Hall–Kier alpha value is -4.46. The number of methoxy groups -OCH3 is 1. The molecule has 39 heavy (non-hydrogen) atoms. The third-order valence-electron chi connectivity index (χ3n) is 8.31. The Morgan fingerprint density at radius 2 is 1.56 bits per heavy atom. The molecule has 3 aromatic carbocycles. The van der Waals surface area contributed by atoms with E-state index in [0.29, 0.717) is 23.0 Å². The minimum atomic E-state index is -0.675. The van der Waals surface area contributed by atoms with Crippen molar-refractivity contribution in [3.63, 3.8) is 0 Å². The van der Waals surface area contributed by atoms with Crippen LogP contribution < -0.4 is 15.0 Å². The molecule has 8 nitrogen and oxygen atoms in total. The van der Waals surface area contributed by atoms with E-state index >= 15 is 0 Å². The van der Waals surface area contributed by atoms with Gasteiger partial charge in [0, 0.05) is 5.69 Å². The Balaban J connectivity index is 1.08. The minimum absolute atomic E-state index is 0.144. The van der Waals surface area contributed by atoms with Crippen molar-refractivity contribution in [2.45, 2.75) is 18.8 Å². The van der Waals surface area contributed by atoms with Crippen molar-refractivity contribution in [1.82, 2.24) is 0 Å². The Kier molecular flexibility index (Phi) is 6.38. The van der Waals surface area contributed by atoms with Gasteiger partial charge in [0.2, 0.25) is 11.8 Å². The highest BCUT2D eigenvalue weighted by atomic mass is 16.5. The molecule has 1 heterocycles. The van der Waals surface area contributed by atoms with Crippen molar-refractivity contribution < 1.29 is 28.7 Å². The van der Waals surface area contributed by atoms with Crippen LogP contribution in [0.5, 0.6) is 5.75 Å². The second kappa shape index (κ2) is 10.0. The Bertz CT molecular complexity index is 1420. The lowest BCUT2D eigenvalue weighted by Crippen LogP contribution is -2.33. The molecule has 8 heteroatoms. The van der Waals surface area contributed by atoms with Gasteiger partial charge in [-0.3, -0.25) is 19.3 Å². The number of carbonyl (C=O) groups excluding carboxylic acids is 4. The fraction of sp³-hybridized carbons (Fsp3) is 0.290. The number of nitrogens with zero attached hydrogens (tertiary/aromatic N) is 1. The molecule has 2 bridgehead atoms. The quantitative estimate of drug-likeness (QED) is 0.363. The van der Waals surface area contributed by atoms with Gasteiger partial charge in [-0.2, -0.15) is 0 Å². The van der Waals surface area contributed by atoms with Gasteiger partial charge in [0.25, 0.3) is 5.91 Å². The fourth-order valence-electron chi connectivity index (χ4n) is 6.63. The van der Waals surface area contributed by atoms with Crippen LogP contribution in [-0.4, -0.2) is 37.4 Å². The third kappa shape index (κ3) is 4.46. The zero-order valence-electron chi connectivity index (χ0n) is 21.4. The van der Waals surface area contributed by atoms with Crippen LogP contribution in [0.15, 0.2) is 78.9 Å². The van der Waals surface area contributed by atoms with Gasteiger partial charge in [0.15, 0.2) is 6.61 Å². The summed E-state index contributed by atoms with van der Waals surface area (Å²) >= 11 is 0. The van der Waals surface area contributed by atoms with Gasteiger partial charge in [-0.15, -0.1) is 0 Å². The van der Waals surface area contributed by atoms with E-state index < -0.39 is 18.5 Å². The Labute approximate surface area is 225 Å². The molecule has 1 saturated heterocycles. The monoisotopic (exact) mass is 524 g/mol. The van der Waals surface area contributed by atoms with E-state index in [1.165, 1.54) is 22.6 Å². The van der Waals surface area contributed by atoms with Crippen molar-refractivity contribution in [1.29, 1.82) is 0 Å². The average Bonchev–Trinajstić information content (AvgIpc) is 3.64.